The molecule has 0 aliphatic carbocycles. The smallest absolute Gasteiger partial charge is 0.191 e. The standard InChI is InChI=1S/C22H38N4O3/c1-22(2,3)20(27-5)17-25-21(23-4)24-16-18-8-6-7-9-19(18)29-15-12-26-10-13-28-14-11-26/h6-9,20H,10-17H2,1-5H3,(H2,23,24,25). The maximum atomic E-state index is 6.06. The number of ether oxygens (including phenoxy) is 3. The second kappa shape index (κ2) is 12.0. The van der Waals surface area contributed by atoms with Crippen molar-refractivity contribution in [2.75, 3.05) is 60.2 Å². The largest absolute Gasteiger partial charge is 0.492 e. The van der Waals surface area contributed by atoms with Crippen LogP contribution in [0.15, 0.2) is 29.3 Å². The van der Waals surface area contributed by atoms with Crippen molar-refractivity contribution in [1.82, 2.24) is 15.5 Å². The molecule has 0 saturated carbocycles. The number of methoxy groups -OCH3 is 1. The van der Waals surface area contributed by atoms with Crippen molar-refractivity contribution in [2.24, 2.45) is 10.4 Å². The molecule has 2 N–H and O–H groups in total. The molecule has 0 aromatic heterocycles. The second-order valence-electron chi connectivity index (χ2n) is 8.31. The zero-order chi connectivity index (χ0) is 21.1. The quantitative estimate of drug-likeness (QED) is 0.484. The van der Waals surface area contributed by atoms with E-state index in [1.165, 1.54) is 0 Å². The SMILES string of the molecule is CN=C(NCc1ccccc1OCCN1CCOCC1)NCC(OC)C(C)(C)C. The number of aliphatic imine (C=N–C) groups is 1. The van der Waals surface area contributed by atoms with Crippen molar-refractivity contribution in [3.8, 4) is 5.75 Å². The minimum absolute atomic E-state index is 0.0571. The summed E-state index contributed by atoms with van der Waals surface area (Å²) in [5.41, 5.74) is 1.16. The fourth-order valence-corrected chi connectivity index (χ4v) is 3.23. The molecule has 1 aliphatic heterocycles. The molecule has 0 amide bonds. The summed E-state index contributed by atoms with van der Waals surface area (Å²) in [5.74, 6) is 1.66. The van der Waals surface area contributed by atoms with Crippen molar-refractivity contribution >= 4 is 5.96 Å². The lowest BCUT2D eigenvalue weighted by molar-refractivity contribution is 0.0205. The third-order valence-electron chi connectivity index (χ3n) is 5.12. The van der Waals surface area contributed by atoms with Gasteiger partial charge in [-0.1, -0.05) is 39.0 Å². The van der Waals surface area contributed by atoms with E-state index in [2.05, 4.69) is 47.4 Å². The number of nitrogens with one attached hydrogen (secondary N) is 2. The molecule has 1 unspecified atom stereocenters. The summed E-state index contributed by atoms with van der Waals surface area (Å²) in [4.78, 5) is 6.70. The third-order valence-corrected chi connectivity index (χ3v) is 5.12. The number of hydrogen-bond acceptors (Lipinski definition) is 5. The predicted octanol–water partition coefficient (Wildman–Crippen LogP) is 2.12. The van der Waals surface area contributed by atoms with Gasteiger partial charge in [-0.05, 0) is 11.5 Å². The number of para-hydroxylation sites is 1. The first-order valence-corrected chi connectivity index (χ1v) is 10.4. The van der Waals surface area contributed by atoms with E-state index in [9.17, 15) is 0 Å². The zero-order valence-electron chi connectivity index (χ0n) is 18.7. The number of guanidine groups is 1. The fourth-order valence-electron chi connectivity index (χ4n) is 3.23. The van der Waals surface area contributed by atoms with Crippen molar-refractivity contribution in [3.63, 3.8) is 0 Å². The second-order valence-corrected chi connectivity index (χ2v) is 8.31. The number of morpholine rings is 1. The van der Waals surface area contributed by atoms with E-state index in [-0.39, 0.29) is 11.5 Å². The van der Waals surface area contributed by atoms with Gasteiger partial charge in [0.05, 0.1) is 19.3 Å². The van der Waals surface area contributed by atoms with Crippen LogP contribution in [-0.4, -0.2) is 77.1 Å². The minimum atomic E-state index is 0.0571. The molecule has 1 aliphatic rings. The molecule has 1 aromatic rings. The first-order chi connectivity index (χ1) is 13.9. The molecule has 29 heavy (non-hydrogen) atoms. The average Bonchev–Trinajstić information content (AvgIpc) is 2.71. The van der Waals surface area contributed by atoms with Crippen molar-refractivity contribution in [3.05, 3.63) is 29.8 Å². The number of nitrogens with zero attached hydrogens (tertiary/aromatic N) is 2. The molecular formula is C22H38N4O3. The van der Waals surface area contributed by atoms with Gasteiger partial charge in [0.1, 0.15) is 12.4 Å². The summed E-state index contributed by atoms with van der Waals surface area (Å²) in [6.45, 7) is 13.0. The molecule has 0 radical (unpaired) electrons. The maximum absolute atomic E-state index is 6.06. The van der Waals surface area contributed by atoms with E-state index in [1.54, 1.807) is 14.2 Å². The first-order valence-electron chi connectivity index (χ1n) is 10.4. The van der Waals surface area contributed by atoms with E-state index in [0.717, 1.165) is 50.1 Å². The van der Waals surface area contributed by atoms with E-state index >= 15 is 0 Å². The van der Waals surface area contributed by atoms with Gasteiger partial charge in [-0.15, -0.1) is 0 Å². The summed E-state index contributed by atoms with van der Waals surface area (Å²) in [6.07, 6.45) is 0.0943. The first kappa shape index (κ1) is 23.4. The van der Waals surface area contributed by atoms with E-state index in [4.69, 9.17) is 14.2 Å². The van der Waals surface area contributed by atoms with Crippen molar-refractivity contribution in [2.45, 2.75) is 33.4 Å². The highest BCUT2D eigenvalue weighted by Crippen LogP contribution is 2.21. The van der Waals surface area contributed by atoms with Gasteiger partial charge in [-0.3, -0.25) is 9.89 Å². The van der Waals surface area contributed by atoms with Crippen LogP contribution in [0.4, 0.5) is 0 Å². The van der Waals surface area contributed by atoms with Crippen LogP contribution in [0.2, 0.25) is 0 Å². The Balaban J connectivity index is 1.82. The Morgan fingerprint density at radius 3 is 2.59 bits per heavy atom. The zero-order valence-corrected chi connectivity index (χ0v) is 18.7. The highest BCUT2D eigenvalue weighted by Gasteiger charge is 2.24. The molecule has 1 heterocycles. The van der Waals surface area contributed by atoms with Gasteiger partial charge >= 0.3 is 0 Å². The third kappa shape index (κ3) is 8.20. The Hall–Kier alpha value is -1.83. The van der Waals surface area contributed by atoms with Gasteiger partial charge < -0.3 is 24.8 Å². The molecule has 7 heteroatoms. The van der Waals surface area contributed by atoms with Crippen LogP contribution in [-0.2, 0) is 16.0 Å². The van der Waals surface area contributed by atoms with Gasteiger partial charge in [0, 0.05) is 52.4 Å². The molecule has 1 fully saturated rings. The lowest BCUT2D eigenvalue weighted by Crippen LogP contribution is -2.45. The molecule has 1 atom stereocenters. The van der Waals surface area contributed by atoms with E-state index in [0.29, 0.717) is 19.7 Å². The molecule has 0 spiro atoms. The Morgan fingerprint density at radius 2 is 1.93 bits per heavy atom. The van der Waals surface area contributed by atoms with Crippen LogP contribution in [0.25, 0.3) is 0 Å². The molecule has 164 valence electrons. The Bertz CT molecular complexity index is 625. The number of hydrogen-bond donors (Lipinski definition) is 2. The Morgan fingerprint density at radius 1 is 1.21 bits per heavy atom. The summed E-state index contributed by atoms with van der Waals surface area (Å²) in [5, 5.41) is 6.73. The highest BCUT2D eigenvalue weighted by atomic mass is 16.5. The van der Waals surface area contributed by atoms with Gasteiger partial charge in [0.15, 0.2) is 5.96 Å². The molecule has 1 aromatic carbocycles. The Kier molecular flexibility index (Phi) is 9.70. The van der Waals surface area contributed by atoms with Crippen LogP contribution in [0, 0.1) is 5.41 Å². The normalized spacial score (nSPS) is 17.1. The van der Waals surface area contributed by atoms with Gasteiger partial charge in [0.25, 0.3) is 0 Å². The topological polar surface area (TPSA) is 67.4 Å². The average molecular weight is 407 g/mol. The molecule has 2 rings (SSSR count). The van der Waals surface area contributed by atoms with Gasteiger partial charge in [-0.2, -0.15) is 0 Å². The van der Waals surface area contributed by atoms with E-state index < -0.39 is 0 Å². The number of rotatable bonds is 9. The lowest BCUT2D eigenvalue weighted by Gasteiger charge is -2.30. The van der Waals surface area contributed by atoms with Crippen molar-refractivity contribution in [1.29, 1.82) is 0 Å². The predicted molar refractivity (Wildman–Crippen MR) is 118 cm³/mol. The summed E-state index contributed by atoms with van der Waals surface area (Å²) < 4.78 is 17.1. The van der Waals surface area contributed by atoms with Crippen LogP contribution < -0.4 is 15.4 Å². The van der Waals surface area contributed by atoms with Crippen molar-refractivity contribution < 1.29 is 14.2 Å². The van der Waals surface area contributed by atoms with Gasteiger partial charge in [0.2, 0.25) is 0 Å². The summed E-state index contributed by atoms with van der Waals surface area (Å²) in [7, 11) is 3.53. The van der Waals surface area contributed by atoms with Gasteiger partial charge in [-0.25, -0.2) is 0 Å². The fraction of sp³-hybridized carbons (Fsp3) is 0.682. The monoisotopic (exact) mass is 406 g/mol. The maximum Gasteiger partial charge on any atom is 0.191 e. The van der Waals surface area contributed by atoms with Crippen LogP contribution in [0.3, 0.4) is 0 Å². The van der Waals surface area contributed by atoms with Crippen LogP contribution in [0.5, 0.6) is 5.75 Å². The molecule has 7 nitrogen and oxygen atoms in total. The number of benzene rings is 1. The minimum Gasteiger partial charge on any atom is -0.492 e. The van der Waals surface area contributed by atoms with Crippen LogP contribution >= 0.6 is 0 Å². The van der Waals surface area contributed by atoms with Crippen LogP contribution in [0.1, 0.15) is 26.3 Å². The summed E-state index contributed by atoms with van der Waals surface area (Å²) >= 11 is 0. The molecule has 0 bridgehead atoms. The van der Waals surface area contributed by atoms with E-state index in [1.807, 2.05) is 18.2 Å². The Labute approximate surface area is 175 Å². The summed E-state index contributed by atoms with van der Waals surface area (Å²) in [6, 6.07) is 8.14. The molecular weight excluding hydrogens is 368 g/mol. The molecule has 1 saturated heterocycles. The highest BCUT2D eigenvalue weighted by molar-refractivity contribution is 5.79. The lowest BCUT2D eigenvalue weighted by atomic mass is 9.89.